The Labute approximate surface area is 95.2 Å². The van der Waals surface area contributed by atoms with Gasteiger partial charge in [0, 0.05) is 26.2 Å². The Morgan fingerprint density at radius 1 is 1.31 bits per heavy atom. The van der Waals surface area contributed by atoms with E-state index < -0.39 is 12.0 Å². The van der Waals surface area contributed by atoms with Crippen molar-refractivity contribution in [3.8, 4) is 0 Å². The van der Waals surface area contributed by atoms with Crippen LogP contribution in [0.4, 0.5) is 4.79 Å². The van der Waals surface area contributed by atoms with Gasteiger partial charge in [0.25, 0.3) is 0 Å². The zero-order chi connectivity index (χ0) is 12.1. The smallest absolute Gasteiger partial charge is 0.325 e. The third kappa shape index (κ3) is 3.37. The van der Waals surface area contributed by atoms with Crippen LogP contribution in [0.3, 0.4) is 0 Å². The van der Waals surface area contributed by atoms with E-state index in [1.807, 2.05) is 0 Å². The summed E-state index contributed by atoms with van der Waals surface area (Å²) in [6.07, 6.45) is 0. The van der Waals surface area contributed by atoms with Gasteiger partial charge in [-0.15, -0.1) is 0 Å². The summed E-state index contributed by atoms with van der Waals surface area (Å²) in [6, 6.07) is -1.12. The topological polar surface area (TPSA) is 72.9 Å². The molecule has 1 rings (SSSR count). The van der Waals surface area contributed by atoms with Gasteiger partial charge in [0.15, 0.2) is 0 Å². The number of amides is 2. The Morgan fingerprint density at radius 2 is 1.88 bits per heavy atom. The van der Waals surface area contributed by atoms with Crippen molar-refractivity contribution in [3.63, 3.8) is 0 Å². The first-order valence-electron chi connectivity index (χ1n) is 5.55. The molecule has 2 amide bonds. The number of piperazine rings is 1. The van der Waals surface area contributed by atoms with E-state index in [1.165, 1.54) is 6.92 Å². The van der Waals surface area contributed by atoms with Crippen LogP contribution in [0.1, 0.15) is 13.8 Å². The zero-order valence-corrected chi connectivity index (χ0v) is 9.77. The molecule has 0 aromatic carbocycles. The molecule has 0 aliphatic carbocycles. The van der Waals surface area contributed by atoms with Gasteiger partial charge in [0.2, 0.25) is 0 Å². The van der Waals surface area contributed by atoms with Crippen LogP contribution in [0.5, 0.6) is 0 Å². The fourth-order valence-corrected chi connectivity index (χ4v) is 1.61. The van der Waals surface area contributed by atoms with Crippen molar-refractivity contribution in [2.75, 3.05) is 32.7 Å². The minimum absolute atomic E-state index is 0.286. The summed E-state index contributed by atoms with van der Waals surface area (Å²) in [5.41, 5.74) is 0. The van der Waals surface area contributed by atoms with E-state index in [4.69, 9.17) is 5.11 Å². The SMILES string of the molecule is CCN1CCN(C(=O)N[C@@H](C)C(=O)O)CC1. The van der Waals surface area contributed by atoms with Crippen LogP contribution in [-0.2, 0) is 4.79 Å². The Balaban J connectivity index is 2.36. The average molecular weight is 229 g/mol. The number of hydrogen-bond donors (Lipinski definition) is 2. The molecule has 0 saturated carbocycles. The predicted molar refractivity (Wildman–Crippen MR) is 59.3 cm³/mol. The van der Waals surface area contributed by atoms with Crippen LogP contribution in [0.15, 0.2) is 0 Å². The molecule has 6 heteroatoms. The van der Waals surface area contributed by atoms with E-state index in [1.54, 1.807) is 4.90 Å². The van der Waals surface area contributed by atoms with Crippen molar-refractivity contribution >= 4 is 12.0 Å². The van der Waals surface area contributed by atoms with Crippen molar-refractivity contribution in [2.45, 2.75) is 19.9 Å². The number of nitrogens with one attached hydrogen (secondary N) is 1. The van der Waals surface area contributed by atoms with Crippen LogP contribution < -0.4 is 5.32 Å². The molecule has 0 radical (unpaired) electrons. The minimum Gasteiger partial charge on any atom is -0.480 e. The second kappa shape index (κ2) is 5.69. The quantitative estimate of drug-likeness (QED) is 0.703. The molecular weight excluding hydrogens is 210 g/mol. The van der Waals surface area contributed by atoms with Crippen LogP contribution in [0.25, 0.3) is 0 Å². The number of hydrogen-bond acceptors (Lipinski definition) is 3. The monoisotopic (exact) mass is 229 g/mol. The fourth-order valence-electron chi connectivity index (χ4n) is 1.61. The molecule has 2 N–H and O–H groups in total. The molecular formula is C10H19N3O3. The third-order valence-electron chi connectivity index (χ3n) is 2.82. The van der Waals surface area contributed by atoms with E-state index in [9.17, 15) is 9.59 Å². The Hall–Kier alpha value is -1.30. The molecule has 1 aliphatic heterocycles. The Bertz CT molecular complexity index is 262. The maximum Gasteiger partial charge on any atom is 0.325 e. The van der Waals surface area contributed by atoms with Crippen molar-refractivity contribution < 1.29 is 14.7 Å². The number of rotatable bonds is 3. The van der Waals surface area contributed by atoms with Gasteiger partial charge in [-0.25, -0.2) is 4.79 Å². The standard InChI is InChI=1S/C10H19N3O3/c1-3-12-4-6-13(7-5-12)10(16)11-8(2)9(14)15/h8H,3-7H2,1-2H3,(H,11,16)(H,14,15)/t8-/m0/s1. The van der Waals surface area contributed by atoms with Crippen LogP contribution >= 0.6 is 0 Å². The fraction of sp³-hybridized carbons (Fsp3) is 0.800. The largest absolute Gasteiger partial charge is 0.480 e. The molecule has 1 aliphatic rings. The number of carbonyl (C=O) groups excluding carboxylic acids is 1. The number of carbonyl (C=O) groups is 2. The average Bonchev–Trinajstić information content (AvgIpc) is 2.28. The molecule has 16 heavy (non-hydrogen) atoms. The van der Waals surface area contributed by atoms with Crippen LogP contribution in [0, 0.1) is 0 Å². The van der Waals surface area contributed by atoms with Gasteiger partial charge in [-0.3, -0.25) is 4.79 Å². The summed E-state index contributed by atoms with van der Waals surface area (Å²) in [4.78, 5) is 26.1. The van der Waals surface area contributed by atoms with Crippen molar-refractivity contribution in [1.82, 2.24) is 15.1 Å². The van der Waals surface area contributed by atoms with E-state index in [-0.39, 0.29) is 6.03 Å². The second-order valence-corrected chi connectivity index (χ2v) is 3.93. The first-order chi connectivity index (χ1) is 7.54. The van der Waals surface area contributed by atoms with Crippen molar-refractivity contribution in [3.05, 3.63) is 0 Å². The molecule has 0 spiro atoms. The summed E-state index contributed by atoms with van der Waals surface area (Å²) in [7, 11) is 0. The summed E-state index contributed by atoms with van der Waals surface area (Å²) in [6.45, 7) is 7.56. The van der Waals surface area contributed by atoms with Gasteiger partial charge in [-0.2, -0.15) is 0 Å². The molecule has 0 bridgehead atoms. The third-order valence-corrected chi connectivity index (χ3v) is 2.82. The molecule has 0 aromatic heterocycles. The van der Waals surface area contributed by atoms with Crippen molar-refractivity contribution in [2.24, 2.45) is 0 Å². The molecule has 92 valence electrons. The zero-order valence-electron chi connectivity index (χ0n) is 9.77. The first-order valence-corrected chi connectivity index (χ1v) is 5.55. The highest BCUT2D eigenvalue weighted by Crippen LogP contribution is 2.01. The molecule has 6 nitrogen and oxygen atoms in total. The Kier molecular flexibility index (Phi) is 4.54. The molecule has 1 fully saturated rings. The maximum absolute atomic E-state index is 11.6. The van der Waals surface area contributed by atoms with E-state index in [0.717, 1.165) is 19.6 Å². The summed E-state index contributed by atoms with van der Waals surface area (Å²) >= 11 is 0. The second-order valence-electron chi connectivity index (χ2n) is 3.93. The summed E-state index contributed by atoms with van der Waals surface area (Å²) < 4.78 is 0. The Morgan fingerprint density at radius 3 is 2.31 bits per heavy atom. The maximum atomic E-state index is 11.6. The van der Waals surface area contributed by atoms with Crippen LogP contribution in [-0.4, -0.2) is 65.7 Å². The lowest BCUT2D eigenvalue weighted by Crippen LogP contribution is -2.54. The van der Waals surface area contributed by atoms with Gasteiger partial charge in [0.1, 0.15) is 6.04 Å². The van der Waals surface area contributed by atoms with Gasteiger partial charge >= 0.3 is 12.0 Å². The molecule has 0 unspecified atom stereocenters. The van der Waals surface area contributed by atoms with E-state index >= 15 is 0 Å². The lowest BCUT2D eigenvalue weighted by Gasteiger charge is -2.34. The number of nitrogens with zero attached hydrogens (tertiary/aromatic N) is 2. The molecule has 1 heterocycles. The van der Waals surface area contributed by atoms with Crippen molar-refractivity contribution in [1.29, 1.82) is 0 Å². The van der Waals surface area contributed by atoms with Gasteiger partial charge in [-0.05, 0) is 13.5 Å². The summed E-state index contributed by atoms with van der Waals surface area (Å²) in [5.74, 6) is -1.01. The first kappa shape index (κ1) is 12.8. The number of carboxylic acids is 1. The highest BCUT2D eigenvalue weighted by Gasteiger charge is 2.22. The van der Waals surface area contributed by atoms with Gasteiger partial charge < -0.3 is 20.2 Å². The molecule has 1 atom stereocenters. The number of urea groups is 1. The number of likely N-dealkylation sites (N-methyl/N-ethyl adjacent to an activating group) is 1. The van der Waals surface area contributed by atoms with E-state index in [0.29, 0.717) is 13.1 Å². The van der Waals surface area contributed by atoms with E-state index in [2.05, 4.69) is 17.1 Å². The number of aliphatic carboxylic acids is 1. The van der Waals surface area contributed by atoms with Gasteiger partial charge in [0.05, 0.1) is 0 Å². The molecule has 0 aromatic rings. The highest BCUT2D eigenvalue weighted by molar-refractivity contribution is 5.82. The number of carboxylic acid groups (broad SMARTS) is 1. The predicted octanol–water partition coefficient (Wildman–Crippen LogP) is -0.193. The van der Waals surface area contributed by atoms with Crippen LogP contribution in [0.2, 0.25) is 0 Å². The minimum atomic E-state index is -1.01. The highest BCUT2D eigenvalue weighted by atomic mass is 16.4. The lowest BCUT2D eigenvalue weighted by atomic mass is 10.3. The summed E-state index contributed by atoms with van der Waals surface area (Å²) in [5, 5.41) is 11.1. The molecule has 1 saturated heterocycles. The van der Waals surface area contributed by atoms with Gasteiger partial charge in [-0.1, -0.05) is 6.92 Å². The normalized spacial score (nSPS) is 19.2. The lowest BCUT2D eigenvalue weighted by molar-refractivity contribution is -0.138.